The molecule has 3 fully saturated rings. The Kier molecular flexibility index (Phi) is 8.00. The van der Waals surface area contributed by atoms with Gasteiger partial charge in [-0.15, -0.1) is 0 Å². The second-order valence-electron chi connectivity index (χ2n) is 13.9. The van der Waals surface area contributed by atoms with Crippen LogP contribution >= 0.6 is 31.9 Å². The molecule has 4 N–H and O–H groups in total. The van der Waals surface area contributed by atoms with Crippen LogP contribution in [0.4, 0.5) is 0 Å². The first kappa shape index (κ1) is 27.4. The highest BCUT2D eigenvalue weighted by Gasteiger charge is 2.44. The summed E-state index contributed by atoms with van der Waals surface area (Å²) in [6.45, 7) is 18.8. The lowest BCUT2D eigenvalue weighted by molar-refractivity contribution is 0.122. The normalized spacial score (nSPS) is 38.1. The van der Waals surface area contributed by atoms with Gasteiger partial charge in [0.15, 0.2) is 0 Å². The van der Waals surface area contributed by atoms with Gasteiger partial charge in [-0.1, -0.05) is 44.7 Å². The van der Waals surface area contributed by atoms with Crippen molar-refractivity contribution in [3.63, 3.8) is 0 Å². The van der Waals surface area contributed by atoms with E-state index < -0.39 is 0 Å². The Morgan fingerprint density at radius 2 is 0.812 bits per heavy atom. The molecule has 0 bridgehead atoms. The molecule has 3 rings (SSSR count). The van der Waals surface area contributed by atoms with Crippen molar-refractivity contribution in [2.24, 2.45) is 0 Å². The lowest BCUT2D eigenvalue weighted by Crippen LogP contribution is -2.64. The van der Waals surface area contributed by atoms with Crippen molar-refractivity contribution < 1.29 is 0 Å². The van der Waals surface area contributed by atoms with Crippen LogP contribution in [0.3, 0.4) is 0 Å². The minimum atomic E-state index is 0.0228. The molecule has 188 valence electrons. The van der Waals surface area contributed by atoms with Gasteiger partial charge < -0.3 is 10.6 Å². The molecule has 32 heavy (non-hydrogen) atoms. The Bertz CT molecular complexity index is 574. The van der Waals surface area contributed by atoms with Gasteiger partial charge in [-0.25, -0.2) is 0 Å². The SMILES string of the molecule is CC1(C)CC(NC2(Br)CCCCC(Br)(NC3CC(C)(C)NC(C)(C)C3)CC2)CC(C)(C)N1. The summed E-state index contributed by atoms with van der Waals surface area (Å²) < 4.78 is 0.0455. The van der Waals surface area contributed by atoms with Crippen LogP contribution < -0.4 is 21.3 Å². The van der Waals surface area contributed by atoms with E-state index >= 15 is 0 Å². The number of alkyl halides is 2. The van der Waals surface area contributed by atoms with Gasteiger partial charge in [0.1, 0.15) is 0 Å². The number of halogens is 2. The summed E-state index contributed by atoms with van der Waals surface area (Å²) in [5, 5.41) is 15.9. The molecule has 1 saturated carbocycles. The lowest BCUT2D eigenvalue weighted by atomic mass is 9.78. The number of nitrogens with one attached hydrogen (secondary N) is 4. The molecule has 2 saturated heterocycles. The number of rotatable bonds is 4. The molecule has 2 unspecified atom stereocenters. The van der Waals surface area contributed by atoms with E-state index in [0.717, 1.165) is 12.8 Å². The maximum atomic E-state index is 4.21. The van der Waals surface area contributed by atoms with Gasteiger partial charge in [0, 0.05) is 34.2 Å². The molecular formula is C26H50Br2N4. The third-order valence-corrected chi connectivity index (χ3v) is 9.66. The van der Waals surface area contributed by atoms with Crippen molar-refractivity contribution in [3.05, 3.63) is 0 Å². The Hall–Kier alpha value is 0.800. The fourth-order valence-corrected chi connectivity index (χ4v) is 8.93. The van der Waals surface area contributed by atoms with Crippen LogP contribution in [0.2, 0.25) is 0 Å². The summed E-state index contributed by atoms with van der Waals surface area (Å²) >= 11 is 8.43. The average molecular weight is 579 g/mol. The second kappa shape index (κ2) is 9.35. The van der Waals surface area contributed by atoms with Crippen molar-refractivity contribution in [1.29, 1.82) is 0 Å². The average Bonchev–Trinajstić information content (AvgIpc) is 2.50. The third-order valence-electron chi connectivity index (χ3n) is 7.62. The summed E-state index contributed by atoms with van der Waals surface area (Å²) in [6.07, 6.45) is 11.9. The summed E-state index contributed by atoms with van der Waals surface area (Å²) in [6, 6.07) is 1.06. The Morgan fingerprint density at radius 3 is 1.09 bits per heavy atom. The van der Waals surface area contributed by atoms with E-state index in [-0.39, 0.29) is 31.1 Å². The first-order valence-electron chi connectivity index (χ1n) is 12.9. The monoisotopic (exact) mass is 576 g/mol. The van der Waals surface area contributed by atoms with Crippen LogP contribution in [0.25, 0.3) is 0 Å². The highest BCUT2D eigenvalue weighted by molar-refractivity contribution is 9.10. The lowest BCUT2D eigenvalue weighted by Gasteiger charge is -2.50. The van der Waals surface area contributed by atoms with Gasteiger partial charge >= 0.3 is 0 Å². The van der Waals surface area contributed by atoms with Gasteiger partial charge in [-0.2, -0.15) is 0 Å². The Labute approximate surface area is 215 Å². The van der Waals surface area contributed by atoms with Gasteiger partial charge in [-0.3, -0.25) is 10.6 Å². The van der Waals surface area contributed by atoms with E-state index in [0.29, 0.717) is 12.1 Å². The minimum absolute atomic E-state index is 0.0228. The van der Waals surface area contributed by atoms with Crippen molar-refractivity contribution in [2.75, 3.05) is 0 Å². The molecule has 3 aliphatic rings. The van der Waals surface area contributed by atoms with Crippen LogP contribution in [-0.2, 0) is 0 Å². The van der Waals surface area contributed by atoms with Crippen LogP contribution in [0.15, 0.2) is 0 Å². The van der Waals surface area contributed by atoms with Gasteiger partial charge in [0.25, 0.3) is 0 Å². The fourth-order valence-electron chi connectivity index (χ4n) is 7.33. The van der Waals surface area contributed by atoms with E-state index in [9.17, 15) is 0 Å². The zero-order chi connectivity index (χ0) is 24.1. The standard InChI is InChI=1S/C26H50Br2N4/c1-21(2)15-19(16-22(3,4)31-21)29-25(27)11-9-10-12-26(28,14-13-25)30-20-17-23(5,6)32-24(7,8)18-20/h19-20,29-32H,9-18H2,1-8H3. The molecule has 1 aliphatic carbocycles. The highest BCUT2D eigenvalue weighted by atomic mass is 79.9. The molecule has 2 heterocycles. The molecule has 0 aromatic carbocycles. The van der Waals surface area contributed by atoms with Crippen LogP contribution in [0, 0.1) is 0 Å². The van der Waals surface area contributed by atoms with Gasteiger partial charge in [0.05, 0.1) is 8.90 Å². The quantitative estimate of drug-likeness (QED) is 0.233. The molecule has 2 atom stereocenters. The molecule has 0 spiro atoms. The van der Waals surface area contributed by atoms with E-state index in [2.05, 4.69) is 109 Å². The molecule has 0 radical (unpaired) electrons. The fraction of sp³-hybridized carbons (Fsp3) is 1.00. The maximum Gasteiger partial charge on any atom is 0.0745 e. The zero-order valence-corrected chi connectivity index (χ0v) is 25.2. The maximum absolute atomic E-state index is 4.21. The van der Waals surface area contributed by atoms with Crippen molar-refractivity contribution in [1.82, 2.24) is 21.3 Å². The second-order valence-corrected chi connectivity index (χ2v) is 17.0. The van der Waals surface area contributed by atoms with Crippen molar-refractivity contribution in [2.45, 2.75) is 163 Å². The topological polar surface area (TPSA) is 48.1 Å². The third kappa shape index (κ3) is 7.91. The van der Waals surface area contributed by atoms with Crippen molar-refractivity contribution >= 4 is 31.9 Å². The molecule has 6 heteroatoms. The summed E-state index contributed by atoms with van der Waals surface area (Å²) in [5.41, 5.74) is 0.666. The molecular weight excluding hydrogens is 528 g/mol. The van der Waals surface area contributed by atoms with Crippen LogP contribution in [-0.4, -0.2) is 43.1 Å². The van der Waals surface area contributed by atoms with E-state index in [1.807, 2.05) is 0 Å². The predicted octanol–water partition coefficient (Wildman–Crippen LogP) is 6.32. The van der Waals surface area contributed by atoms with E-state index in [1.54, 1.807) is 0 Å². The minimum Gasteiger partial charge on any atom is -0.307 e. The number of piperidine rings is 2. The number of hydrogen-bond donors (Lipinski definition) is 4. The molecule has 0 aromatic heterocycles. The molecule has 0 aromatic rings. The van der Waals surface area contributed by atoms with Gasteiger partial charge in [-0.05, 0) is 107 Å². The van der Waals surface area contributed by atoms with Crippen molar-refractivity contribution in [3.8, 4) is 0 Å². The largest absolute Gasteiger partial charge is 0.307 e. The highest BCUT2D eigenvalue weighted by Crippen LogP contribution is 2.41. The van der Waals surface area contributed by atoms with E-state index in [4.69, 9.17) is 0 Å². The Morgan fingerprint density at radius 1 is 0.531 bits per heavy atom. The van der Waals surface area contributed by atoms with Gasteiger partial charge in [0.2, 0.25) is 0 Å². The number of hydrogen-bond acceptors (Lipinski definition) is 4. The zero-order valence-electron chi connectivity index (χ0n) is 22.0. The first-order valence-corrected chi connectivity index (χ1v) is 14.5. The first-order chi connectivity index (χ1) is 14.4. The molecule has 0 amide bonds. The summed E-state index contributed by atoms with van der Waals surface area (Å²) in [5.74, 6) is 0. The molecule has 2 aliphatic heterocycles. The van der Waals surface area contributed by atoms with Crippen LogP contribution in [0.1, 0.15) is 120 Å². The van der Waals surface area contributed by atoms with E-state index in [1.165, 1.54) is 51.4 Å². The predicted molar refractivity (Wildman–Crippen MR) is 146 cm³/mol. The molecule has 4 nitrogen and oxygen atoms in total. The summed E-state index contributed by atoms with van der Waals surface area (Å²) in [4.78, 5) is 0. The van der Waals surface area contributed by atoms with Crippen LogP contribution in [0.5, 0.6) is 0 Å². The summed E-state index contributed by atoms with van der Waals surface area (Å²) in [7, 11) is 0. The Balaban J connectivity index is 1.65. The smallest absolute Gasteiger partial charge is 0.0745 e.